The standard InChI is InChI=1S/C13H10BrFN2O2/c1-8-11(4-5-19-8)13(18)17-16-7-9-6-10(14)2-3-12(9)15/h2-7H,1H3,(H,17,18)/b16-7+. The highest BCUT2D eigenvalue weighted by atomic mass is 79.9. The van der Waals surface area contributed by atoms with Gasteiger partial charge in [0.15, 0.2) is 0 Å². The molecule has 0 radical (unpaired) electrons. The van der Waals surface area contributed by atoms with E-state index in [2.05, 4.69) is 26.5 Å². The largest absolute Gasteiger partial charge is 0.469 e. The van der Waals surface area contributed by atoms with E-state index in [9.17, 15) is 9.18 Å². The van der Waals surface area contributed by atoms with Crippen LogP contribution in [0.2, 0.25) is 0 Å². The summed E-state index contributed by atoms with van der Waals surface area (Å²) in [5, 5.41) is 3.71. The van der Waals surface area contributed by atoms with Crippen molar-refractivity contribution < 1.29 is 13.6 Å². The second-order valence-electron chi connectivity index (χ2n) is 3.76. The molecule has 19 heavy (non-hydrogen) atoms. The van der Waals surface area contributed by atoms with E-state index in [4.69, 9.17) is 4.42 Å². The number of amides is 1. The molecule has 0 aliphatic carbocycles. The summed E-state index contributed by atoms with van der Waals surface area (Å²) in [6.07, 6.45) is 2.66. The Morgan fingerprint density at radius 2 is 2.26 bits per heavy atom. The molecule has 2 rings (SSSR count). The number of aryl methyl sites for hydroxylation is 1. The molecule has 1 aromatic heterocycles. The van der Waals surface area contributed by atoms with Crippen molar-refractivity contribution in [2.24, 2.45) is 5.10 Å². The molecular weight excluding hydrogens is 315 g/mol. The molecule has 4 nitrogen and oxygen atoms in total. The predicted octanol–water partition coefficient (Wildman–Crippen LogP) is 3.25. The number of hydrogen-bond donors (Lipinski definition) is 1. The van der Waals surface area contributed by atoms with Gasteiger partial charge in [0.05, 0.1) is 18.0 Å². The Balaban J connectivity index is 2.06. The SMILES string of the molecule is Cc1occc1C(=O)N/N=C/c1cc(Br)ccc1F. The molecule has 1 amide bonds. The third-order valence-electron chi connectivity index (χ3n) is 2.43. The number of benzene rings is 1. The third-order valence-corrected chi connectivity index (χ3v) is 2.92. The van der Waals surface area contributed by atoms with Crippen LogP contribution in [0.4, 0.5) is 4.39 Å². The summed E-state index contributed by atoms with van der Waals surface area (Å²) in [6.45, 7) is 1.67. The van der Waals surface area contributed by atoms with Crippen LogP contribution in [0.5, 0.6) is 0 Å². The van der Waals surface area contributed by atoms with Gasteiger partial charge < -0.3 is 4.42 Å². The lowest BCUT2D eigenvalue weighted by Crippen LogP contribution is -2.17. The molecule has 0 saturated carbocycles. The summed E-state index contributed by atoms with van der Waals surface area (Å²) < 4.78 is 19.1. The number of hydrazone groups is 1. The Bertz CT molecular complexity index is 637. The van der Waals surface area contributed by atoms with Crippen molar-refractivity contribution >= 4 is 28.1 Å². The van der Waals surface area contributed by atoms with Crippen LogP contribution < -0.4 is 5.43 Å². The maximum absolute atomic E-state index is 13.4. The molecule has 98 valence electrons. The highest BCUT2D eigenvalue weighted by Crippen LogP contribution is 2.14. The van der Waals surface area contributed by atoms with E-state index >= 15 is 0 Å². The van der Waals surface area contributed by atoms with E-state index in [1.165, 1.54) is 18.5 Å². The first kappa shape index (κ1) is 13.5. The summed E-state index contributed by atoms with van der Waals surface area (Å²) >= 11 is 3.23. The number of rotatable bonds is 3. The van der Waals surface area contributed by atoms with Crippen molar-refractivity contribution in [1.29, 1.82) is 0 Å². The van der Waals surface area contributed by atoms with Gasteiger partial charge >= 0.3 is 0 Å². The highest BCUT2D eigenvalue weighted by Gasteiger charge is 2.09. The van der Waals surface area contributed by atoms with Crippen LogP contribution in [0, 0.1) is 12.7 Å². The fourth-order valence-electron chi connectivity index (χ4n) is 1.45. The normalized spacial score (nSPS) is 10.9. The van der Waals surface area contributed by atoms with Crippen LogP contribution in [-0.2, 0) is 0 Å². The molecule has 0 aliphatic heterocycles. The van der Waals surface area contributed by atoms with Crippen LogP contribution in [0.3, 0.4) is 0 Å². The van der Waals surface area contributed by atoms with Gasteiger partial charge in [0.25, 0.3) is 5.91 Å². The fraction of sp³-hybridized carbons (Fsp3) is 0.0769. The van der Waals surface area contributed by atoms with Crippen molar-refractivity contribution in [3.05, 3.63) is 57.7 Å². The first-order valence-corrected chi connectivity index (χ1v) is 6.20. The van der Waals surface area contributed by atoms with Gasteiger partial charge in [-0.2, -0.15) is 5.10 Å². The Morgan fingerprint density at radius 3 is 2.95 bits per heavy atom. The van der Waals surface area contributed by atoms with Gasteiger partial charge in [-0.25, -0.2) is 9.82 Å². The first-order chi connectivity index (χ1) is 9.08. The van der Waals surface area contributed by atoms with Crippen molar-refractivity contribution in [2.45, 2.75) is 6.92 Å². The van der Waals surface area contributed by atoms with Gasteiger partial charge in [-0.1, -0.05) is 15.9 Å². The fourth-order valence-corrected chi connectivity index (χ4v) is 1.83. The number of furan rings is 1. The molecule has 1 heterocycles. The van der Waals surface area contributed by atoms with Crippen molar-refractivity contribution in [3.8, 4) is 0 Å². The zero-order valence-electron chi connectivity index (χ0n) is 9.98. The van der Waals surface area contributed by atoms with Crippen molar-refractivity contribution in [3.63, 3.8) is 0 Å². The number of hydrogen-bond acceptors (Lipinski definition) is 3. The summed E-state index contributed by atoms with van der Waals surface area (Å²) in [4.78, 5) is 11.7. The lowest BCUT2D eigenvalue weighted by Gasteiger charge is -1.99. The monoisotopic (exact) mass is 324 g/mol. The number of carbonyl (C=O) groups is 1. The summed E-state index contributed by atoms with van der Waals surface area (Å²) in [5.41, 5.74) is 2.98. The van der Waals surface area contributed by atoms with E-state index in [1.54, 1.807) is 25.1 Å². The van der Waals surface area contributed by atoms with E-state index < -0.39 is 11.7 Å². The number of nitrogens with zero attached hydrogens (tertiary/aromatic N) is 1. The van der Waals surface area contributed by atoms with Gasteiger partial charge in [-0.05, 0) is 31.2 Å². The van der Waals surface area contributed by atoms with E-state index in [-0.39, 0.29) is 5.56 Å². The number of nitrogens with one attached hydrogen (secondary N) is 1. The van der Waals surface area contributed by atoms with Crippen LogP contribution in [0.25, 0.3) is 0 Å². The van der Waals surface area contributed by atoms with Crippen LogP contribution in [-0.4, -0.2) is 12.1 Å². The molecule has 6 heteroatoms. The second-order valence-corrected chi connectivity index (χ2v) is 4.67. The molecule has 0 atom stereocenters. The molecule has 0 spiro atoms. The molecule has 1 aromatic carbocycles. The minimum Gasteiger partial charge on any atom is -0.469 e. The van der Waals surface area contributed by atoms with Crippen molar-refractivity contribution in [2.75, 3.05) is 0 Å². The molecule has 0 saturated heterocycles. The number of carbonyl (C=O) groups excluding carboxylic acids is 1. The van der Waals surface area contributed by atoms with Crippen LogP contribution >= 0.6 is 15.9 Å². The highest BCUT2D eigenvalue weighted by molar-refractivity contribution is 9.10. The lowest BCUT2D eigenvalue weighted by atomic mass is 10.2. The molecule has 0 aliphatic rings. The third kappa shape index (κ3) is 3.29. The van der Waals surface area contributed by atoms with Crippen LogP contribution in [0.1, 0.15) is 21.7 Å². The molecule has 0 unspecified atom stereocenters. The maximum Gasteiger partial charge on any atom is 0.274 e. The second kappa shape index (κ2) is 5.79. The lowest BCUT2D eigenvalue weighted by molar-refractivity contribution is 0.0953. The molecular formula is C13H10BrFN2O2. The summed E-state index contributed by atoms with van der Waals surface area (Å²) in [6, 6.07) is 6.00. The maximum atomic E-state index is 13.4. The minimum absolute atomic E-state index is 0.276. The van der Waals surface area contributed by atoms with Crippen LogP contribution in [0.15, 0.2) is 44.5 Å². The Kier molecular flexibility index (Phi) is 4.11. The van der Waals surface area contributed by atoms with Gasteiger partial charge in [0.1, 0.15) is 11.6 Å². The van der Waals surface area contributed by atoms with Gasteiger partial charge in [-0.15, -0.1) is 0 Å². The van der Waals surface area contributed by atoms with Gasteiger partial charge in [-0.3, -0.25) is 4.79 Å². The average Bonchev–Trinajstić information content (AvgIpc) is 2.80. The minimum atomic E-state index is -0.416. The Labute approximate surface area is 117 Å². The quantitative estimate of drug-likeness (QED) is 0.696. The van der Waals surface area contributed by atoms with E-state index in [0.29, 0.717) is 11.3 Å². The smallest absolute Gasteiger partial charge is 0.274 e. The van der Waals surface area contributed by atoms with Gasteiger partial charge in [0.2, 0.25) is 0 Å². The number of halogens is 2. The summed E-state index contributed by atoms with van der Waals surface area (Å²) in [5.74, 6) is -0.320. The molecule has 1 N–H and O–H groups in total. The topological polar surface area (TPSA) is 54.6 Å². The first-order valence-electron chi connectivity index (χ1n) is 5.40. The molecule has 0 bridgehead atoms. The Morgan fingerprint density at radius 1 is 1.47 bits per heavy atom. The Hall–Kier alpha value is -1.95. The van der Waals surface area contributed by atoms with E-state index in [1.807, 2.05) is 0 Å². The molecule has 0 fully saturated rings. The summed E-state index contributed by atoms with van der Waals surface area (Å²) in [7, 11) is 0. The predicted molar refractivity (Wildman–Crippen MR) is 72.6 cm³/mol. The molecule has 2 aromatic rings. The zero-order valence-corrected chi connectivity index (χ0v) is 11.6. The van der Waals surface area contributed by atoms with E-state index in [0.717, 1.165) is 4.47 Å². The average molecular weight is 325 g/mol. The van der Waals surface area contributed by atoms with Gasteiger partial charge in [0, 0.05) is 10.0 Å². The van der Waals surface area contributed by atoms with Crippen molar-refractivity contribution in [1.82, 2.24) is 5.43 Å². The zero-order chi connectivity index (χ0) is 13.8.